The van der Waals surface area contributed by atoms with Crippen molar-refractivity contribution >= 4 is 11.6 Å². The van der Waals surface area contributed by atoms with Crippen LogP contribution in [-0.2, 0) is 0 Å². The van der Waals surface area contributed by atoms with Crippen LogP contribution in [0.2, 0.25) is 0 Å². The van der Waals surface area contributed by atoms with E-state index in [-0.39, 0.29) is 5.91 Å². The molecule has 1 N–H and O–H groups in total. The van der Waals surface area contributed by atoms with Crippen LogP contribution in [0.25, 0.3) is 11.3 Å². The fraction of sp³-hybridized carbons (Fsp3) is 0.115. The van der Waals surface area contributed by atoms with Gasteiger partial charge in [-0.1, -0.05) is 18.2 Å². The van der Waals surface area contributed by atoms with Crippen LogP contribution in [0.3, 0.4) is 0 Å². The molecule has 1 heterocycles. The normalized spacial score (nSPS) is 10.5. The summed E-state index contributed by atoms with van der Waals surface area (Å²) in [6, 6.07) is 22.2. The summed E-state index contributed by atoms with van der Waals surface area (Å²) in [7, 11) is 1.61. The maximum Gasteiger partial charge on any atom is 0.255 e. The fourth-order valence-electron chi connectivity index (χ4n) is 3.39. The molecule has 0 saturated carbocycles. The molecule has 0 unspecified atom stereocenters. The lowest BCUT2D eigenvalue weighted by Crippen LogP contribution is -2.12. The van der Waals surface area contributed by atoms with Gasteiger partial charge in [0.15, 0.2) is 0 Å². The fourth-order valence-corrected chi connectivity index (χ4v) is 3.39. The molecule has 0 spiro atoms. The molecule has 0 atom stereocenters. The minimum absolute atomic E-state index is 0.180. The summed E-state index contributed by atoms with van der Waals surface area (Å²) >= 11 is 0. The molecule has 4 aromatic rings. The molecule has 160 valence electrons. The zero-order valence-corrected chi connectivity index (χ0v) is 18.1. The van der Waals surface area contributed by atoms with Gasteiger partial charge in [-0.15, -0.1) is 0 Å². The van der Waals surface area contributed by atoms with Gasteiger partial charge in [0.05, 0.1) is 12.8 Å². The Labute approximate surface area is 186 Å². The van der Waals surface area contributed by atoms with Gasteiger partial charge in [-0.05, 0) is 73.5 Å². The van der Waals surface area contributed by atoms with Gasteiger partial charge in [0.1, 0.15) is 17.8 Å². The monoisotopic (exact) mass is 425 g/mol. The summed E-state index contributed by atoms with van der Waals surface area (Å²) in [6.45, 7) is 4.01. The van der Waals surface area contributed by atoms with Crippen molar-refractivity contribution in [2.45, 2.75) is 13.8 Å². The number of ether oxygens (including phenoxy) is 2. The molecule has 1 aromatic heterocycles. The summed E-state index contributed by atoms with van der Waals surface area (Å²) < 4.78 is 11.0. The van der Waals surface area contributed by atoms with Gasteiger partial charge < -0.3 is 14.8 Å². The number of anilines is 1. The van der Waals surface area contributed by atoms with Crippen LogP contribution in [-0.4, -0.2) is 23.0 Å². The number of benzene rings is 3. The standard InChI is InChI=1S/C26H23N3O3/c1-17-11-18(2)13-21(12-17)29-26(30)20-6-4-5-19(14-20)24-15-25(28-16-27-24)32-23-9-7-22(31-3)8-10-23/h4-16H,1-3H3,(H,29,30). The van der Waals surface area contributed by atoms with Crippen molar-refractivity contribution < 1.29 is 14.3 Å². The van der Waals surface area contributed by atoms with Crippen LogP contribution in [0.15, 0.2) is 79.1 Å². The van der Waals surface area contributed by atoms with Crippen LogP contribution < -0.4 is 14.8 Å². The second-order valence-electron chi connectivity index (χ2n) is 7.43. The quantitative estimate of drug-likeness (QED) is 0.422. The van der Waals surface area contributed by atoms with E-state index in [1.54, 1.807) is 37.4 Å². The van der Waals surface area contributed by atoms with Crippen molar-refractivity contribution in [1.82, 2.24) is 9.97 Å². The zero-order valence-electron chi connectivity index (χ0n) is 18.1. The molecule has 0 aliphatic heterocycles. The van der Waals surface area contributed by atoms with Gasteiger partial charge in [-0.25, -0.2) is 9.97 Å². The Morgan fingerprint density at radius 1 is 0.844 bits per heavy atom. The lowest BCUT2D eigenvalue weighted by atomic mass is 10.1. The number of carbonyl (C=O) groups excluding carboxylic acids is 1. The number of amides is 1. The van der Waals surface area contributed by atoms with Crippen molar-refractivity contribution in [3.05, 3.63) is 95.8 Å². The number of aryl methyl sites for hydroxylation is 2. The molecule has 0 aliphatic carbocycles. The maximum atomic E-state index is 12.8. The molecular formula is C26H23N3O3. The molecule has 32 heavy (non-hydrogen) atoms. The average molecular weight is 425 g/mol. The lowest BCUT2D eigenvalue weighted by molar-refractivity contribution is 0.102. The Kier molecular flexibility index (Phi) is 6.12. The van der Waals surface area contributed by atoms with Gasteiger partial charge in [0.25, 0.3) is 5.91 Å². The number of hydrogen-bond acceptors (Lipinski definition) is 5. The van der Waals surface area contributed by atoms with Gasteiger partial charge in [0, 0.05) is 22.9 Å². The Hall–Kier alpha value is -4.19. The van der Waals surface area contributed by atoms with Crippen LogP contribution in [0.5, 0.6) is 17.4 Å². The predicted molar refractivity (Wildman–Crippen MR) is 124 cm³/mol. The van der Waals surface area contributed by atoms with Crippen molar-refractivity contribution in [3.63, 3.8) is 0 Å². The summed E-state index contributed by atoms with van der Waals surface area (Å²) in [5.74, 6) is 1.61. The van der Waals surface area contributed by atoms with E-state index in [0.717, 1.165) is 28.1 Å². The van der Waals surface area contributed by atoms with Crippen LogP contribution in [0.4, 0.5) is 5.69 Å². The highest BCUT2D eigenvalue weighted by Crippen LogP contribution is 2.26. The number of nitrogens with zero attached hydrogens (tertiary/aromatic N) is 2. The first kappa shape index (κ1) is 21.1. The second kappa shape index (κ2) is 9.31. The summed E-state index contributed by atoms with van der Waals surface area (Å²) in [5, 5.41) is 2.97. The molecule has 0 saturated heterocycles. The van der Waals surface area contributed by atoms with E-state index < -0.39 is 0 Å². The first-order chi connectivity index (χ1) is 15.5. The highest BCUT2D eigenvalue weighted by molar-refractivity contribution is 6.05. The first-order valence-corrected chi connectivity index (χ1v) is 10.1. The highest BCUT2D eigenvalue weighted by Gasteiger charge is 2.10. The number of carbonyl (C=O) groups is 1. The van der Waals surface area contributed by atoms with Crippen molar-refractivity contribution in [2.75, 3.05) is 12.4 Å². The number of aromatic nitrogens is 2. The van der Waals surface area contributed by atoms with Crippen molar-refractivity contribution in [3.8, 4) is 28.6 Å². The number of methoxy groups -OCH3 is 1. The molecule has 3 aromatic carbocycles. The minimum atomic E-state index is -0.180. The van der Waals surface area contributed by atoms with Gasteiger partial charge in [0.2, 0.25) is 5.88 Å². The second-order valence-corrected chi connectivity index (χ2v) is 7.43. The van der Waals surface area contributed by atoms with E-state index in [1.807, 2.05) is 50.2 Å². The third-order valence-electron chi connectivity index (χ3n) is 4.82. The SMILES string of the molecule is COc1ccc(Oc2cc(-c3cccc(C(=O)Nc4cc(C)cc(C)c4)c3)ncn2)cc1. The Bertz CT molecular complexity index is 1230. The Morgan fingerprint density at radius 3 is 2.28 bits per heavy atom. The Morgan fingerprint density at radius 2 is 1.56 bits per heavy atom. The smallest absolute Gasteiger partial charge is 0.255 e. The summed E-state index contributed by atoms with van der Waals surface area (Å²) in [5.41, 5.74) is 4.96. The number of rotatable bonds is 6. The predicted octanol–water partition coefficient (Wildman–Crippen LogP) is 5.81. The van der Waals surface area contributed by atoms with E-state index in [4.69, 9.17) is 9.47 Å². The van der Waals surface area contributed by atoms with Crippen LogP contribution in [0, 0.1) is 13.8 Å². The van der Waals surface area contributed by atoms with Crippen molar-refractivity contribution in [1.29, 1.82) is 0 Å². The summed E-state index contributed by atoms with van der Waals surface area (Å²) in [4.78, 5) is 21.3. The zero-order chi connectivity index (χ0) is 22.5. The van der Waals surface area contributed by atoms with Gasteiger partial charge in [-0.2, -0.15) is 0 Å². The average Bonchev–Trinajstić information content (AvgIpc) is 2.79. The van der Waals surface area contributed by atoms with Gasteiger partial charge in [-0.3, -0.25) is 4.79 Å². The first-order valence-electron chi connectivity index (χ1n) is 10.1. The highest BCUT2D eigenvalue weighted by atomic mass is 16.5. The number of nitrogens with one attached hydrogen (secondary N) is 1. The van der Waals surface area contributed by atoms with Crippen molar-refractivity contribution in [2.24, 2.45) is 0 Å². The topological polar surface area (TPSA) is 73.3 Å². The van der Waals surface area contributed by atoms with E-state index in [0.29, 0.717) is 22.9 Å². The minimum Gasteiger partial charge on any atom is -0.497 e. The molecule has 6 nitrogen and oxygen atoms in total. The maximum absolute atomic E-state index is 12.8. The van der Waals surface area contributed by atoms with Gasteiger partial charge >= 0.3 is 0 Å². The third kappa shape index (κ3) is 5.10. The Balaban J connectivity index is 1.53. The molecule has 0 aliphatic rings. The van der Waals surface area contributed by atoms with E-state index in [2.05, 4.69) is 21.4 Å². The number of hydrogen-bond donors (Lipinski definition) is 1. The molecule has 0 bridgehead atoms. The molecule has 6 heteroatoms. The molecule has 1 amide bonds. The van der Waals surface area contributed by atoms with E-state index >= 15 is 0 Å². The molecular weight excluding hydrogens is 402 g/mol. The van der Waals surface area contributed by atoms with E-state index in [1.165, 1.54) is 6.33 Å². The molecule has 0 radical (unpaired) electrons. The van der Waals surface area contributed by atoms with Crippen LogP contribution >= 0.6 is 0 Å². The van der Waals surface area contributed by atoms with E-state index in [9.17, 15) is 4.79 Å². The largest absolute Gasteiger partial charge is 0.497 e. The lowest BCUT2D eigenvalue weighted by Gasteiger charge is -2.10. The molecule has 0 fully saturated rings. The third-order valence-corrected chi connectivity index (χ3v) is 4.82. The summed E-state index contributed by atoms with van der Waals surface area (Å²) in [6.07, 6.45) is 1.44. The van der Waals surface area contributed by atoms with Crippen LogP contribution in [0.1, 0.15) is 21.5 Å². The molecule has 4 rings (SSSR count).